The van der Waals surface area contributed by atoms with Gasteiger partial charge in [-0.2, -0.15) is 0 Å². The molecular formula is C23H30N4O3. The van der Waals surface area contributed by atoms with E-state index in [4.69, 9.17) is 4.74 Å². The van der Waals surface area contributed by atoms with Gasteiger partial charge in [-0.3, -0.25) is 9.69 Å². The number of aryl methyl sites for hydroxylation is 1. The Hall–Kier alpha value is -2.90. The summed E-state index contributed by atoms with van der Waals surface area (Å²) in [5.41, 5.74) is 2.52. The number of nitrogens with one attached hydrogen (secondary N) is 3. The molecule has 30 heavy (non-hydrogen) atoms. The molecule has 0 radical (unpaired) electrons. The Balaban J connectivity index is 1.59. The van der Waals surface area contributed by atoms with Gasteiger partial charge in [0.05, 0.1) is 13.2 Å². The number of hydrogen-bond donors (Lipinski definition) is 3. The molecule has 0 bridgehead atoms. The van der Waals surface area contributed by atoms with Gasteiger partial charge in [-0.05, 0) is 50.6 Å². The van der Waals surface area contributed by atoms with Crippen LogP contribution in [0.5, 0.6) is 0 Å². The van der Waals surface area contributed by atoms with Crippen LogP contribution in [-0.4, -0.2) is 55.2 Å². The third-order valence-electron chi connectivity index (χ3n) is 5.33. The molecule has 7 nitrogen and oxygen atoms in total. The number of ether oxygens (including phenoxy) is 1. The molecule has 0 aliphatic carbocycles. The van der Waals surface area contributed by atoms with Gasteiger partial charge in [-0.1, -0.05) is 24.3 Å². The highest BCUT2D eigenvalue weighted by atomic mass is 16.5. The number of amides is 3. The molecule has 1 aliphatic heterocycles. The molecule has 0 saturated carbocycles. The molecule has 2 aromatic rings. The first kappa shape index (κ1) is 21.8. The van der Waals surface area contributed by atoms with Crippen molar-refractivity contribution in [1.29, 1.82) is 0 Å². The predicted octanol–water partition coefficient (Wildman–Crippen LogP) is 3.48. The summed E-state index contributed by atoms with van der Waals surface area (Å²) in [6.07, 6.45) is 0. The van der Waals surface area contributed by atoms with Crippen LogP contribution in [0, 0.1) is 6.92 Å². The van der Waals surface area contributed by atoms with E-state index >= 15 is 0 Å². The van der Waals surface area contributed by atoms with Crippen LogP contribution in [0.2, 0.25) is 0 Å². The Morgan fingerprint density at radius 1 is 1.03 bits per heavy atom. The predicted molar refractivity (Wildman–Crippen MR) is 119 cm³/mol. The summed E-state index contributed by atoms with van der Waals surface area (Å²) in [4.78, 5) is 27.4. The van der Waals surface area contributed by atoms with Crippen LogP contribution in [0.1, 0.15) is 29.8 Å². The van der Waals surface area contributed by atoms with Gasteiger partial charge in [0.25, 0.3) is 5.91 Å². The van der Waals surface area contributed by atoms with E-state index in [1.807, 2.05) is 43.3 Å². The molecule has 0 aromatic heterocycles. The second kappa shape index (κ2) is 9.73. The SMILES string of the molecule is Cc1ccc(C(=O)Nc2ccccc2)cc1NC(=O)NCC(C)(C)N1CCOCC1. The normalized spacial score (nSPS) is 14.8. The van der Waals surface area contributed by atoms with Crippen molar-refractivity contribution in [3.05, 3.63) is 59.7 Å². The molecule has 0 spiro atoms. The zero-order chi connectivity index (χ0) is 21.6. The van der Waals surface area contributed by atoms with E-state index in [-0.39, 0.29) is 17.5 Å². The number of carbonyl (C=O) groups excluding carboxylic acids is 2. The summed E-state index contributed by atoms with van der Waals surface area (Å²) in [5.74, 6) is -0.224. The fraction of sp³-hybridized carbons (Fsp3) is 0.391. The summed E-state index contributed by atoms with van der Waals surface area (Å²) in [5, 5.41) is 8.68. The first-order valence-corrected chi connectivity index (χ1v) is 10.2. The fourth-order valence-corrected chi connectivity index (χ4v) is 3.37. The van der Waals surface area contributed by atoms with Crippen LogP contribution in [0.15, 0.2) is 48.5 Å². The third kappa shape index (κ3) is 5.81. The quantitative estimate of drug-likeness (QED) is 0.681. The Labute approximate surface area is 177 Å². The van der Waals surface area contributed by atoms with Crippen molar-refractivity contribution in [3.8, 4) is 0 Å². The first-order chi connectivity index (χ1) is 14.3. The van der Waals surface area contributed by atoms with E-state index in [9.17, 15) is 9.59 Å². The number of benzene rings is 2. The van der Waals surface area contributed by atoms with Crippen LogP contribution in [0.25, 0.3) is 0 Å². The molecule has 3 rings (SSSR count). The standard InChI is InChI=1S/C23H30N4O3/c1-17-9-10-18(21(28)25-19-7-5-4-6-8-19)15-20(17)26-22(29)24-16-23(2,3)27-11-13-30-14-12-27/h4-10,15H,11-14,16H2,1-3H3,(H,25,28)(H2,24,26,29). The molecule has 3 N–H and O–H groups in total. The maximum absolute atomic E-state index is 12.5. The second-order valence-electron chi connectivity index (χ2n) is 8.07. The third-order valence-corrected chi connectivity index (χ3v) is 5.33. The number of rotatable bonds is 6. The van der Waals surface area contributed by atoms with Crippen molar-refractivity contribution in [1.82, 2.24) is 10.2 Å². The van der Waals surface area contributed by atoms with Gasteiger partial charge in [0.2, 0.25) is 0 Å². The molecule has 1 aliphatic rings. The summed E-state index contributed by atoms with van der Waals surface area (Å²) in [7, 11) is 0. The minimum Gasteiger partial charge on any atom is -0.379 e. The summed E-state index contributed by atoms with van der Waals surface area (Å²) >= 11 is 0. The molecule has 1 fully saturated rings. The molecule has 7 heteroatoms. The Bertz CT molecular complexity index is 877. The van der Waals surface area contributed by atoms with Crippen molar-refractivity contribution in [2.75, 3.05) is 43.5 Å². The van der Waals surface area contributed by atoms with Crippen LogP contribution in [0.4, 0.5) is 16.2 Å². The Kier molecular flexibility index (Phi) is 7.07. The number of urea groups is 1. The zero-order valence-corrected chi connectivity index (χ0v) is 17.8. The van der Waals surface area contributed by atoms with Crippen LogP contribution in [-0.2, 0) is 4.74 Å². The van der Waals surface area contributed by atoms with E-state index in [0.717, 1.165) is 24.3 Å². The molecule has 2 aromatic carbocycles. The lowest BCUT2D eigenvalue weighted by atomic mass is 10.0. The van der Waals surface area contributed by atoms with Crippen molar-refractivity contribution in [2.24, 2.45) is 0 Å². The van der Waals surface area contributed by atoms with Crippen molar-refractivity contribution < 1.29 is 14.3 Å². The van der Waals surface area contributed by atoms with Gasteiger partial charge in [0, 0.05) is 42.1 Å². The highest BCUT2D eigenvalue weighted by Crippen LogP contribution is 2.19. The van der Waals surface area contributed by atoms with Gasteiger partial charge >= 0.3 is 6.03 Å². The van der Waals surface area contributed by atoms with E-state index in [1.165, 1.54) is 0 Å². The monoisotopic (exact) mass is 410 g/mol. The van der Waals surface area contributed by atoms with Gasteiger partial charge in [-0.15, -0.1) is 0 Å². The summed E-state index contributed by atoms with van der Waals surface area (Å²) in [6.45, 7) is 9.76. The number of morpholine rings is 1. The van der Waals surface area contributed by atoms with Crippen molar-refractivity contribution >= 4 is 23.3 Å². The number of hydrogen-bond acceptors (Lipinski definition) is 4. The smallest absolute Gasteiger partial charge is 0.319 e. The maximum Gasteiger partial charge on any atom is 0.319 e. The first-order valence-electron chi connectivity index (χ1n) is 10.2. The van der Waals surface area contributed by atoms with Gasteiger partial charge in [-0.25, -0.2) is 4.79 Å². The lowest BCUT2D eigenvalue weighted by Crippen LogP contribution is -2.55. The summed E-state index contributed by atoms with van der Waals surface area (Å²) in [6, 6.07) is 14.2. The largest absolute Gasteiger partial charge is 0.379 e. The average Bonchev–Trinajstić information content (AvgIpc) is 2.75. The van der Waals surface area contributed by atoms with Crippen LogP contribution < -0.4 is 16.0 Å². The number of nitrogens with zero attached hydrogens (tertiary/aromatic N) is 1. The molecule has 3 amide bonds. The van der Waals surface area contributed by atoms with Crippen molar-refractivity contribution in [3.63, 3.8) is 0 Å². The van der Waals surface area contributed by atoms with E-state index in [0.29, 0.717) is 31.0 Å². The highest BCUT2D eigenvalue weighted by Gasteiger charge is 2.28. The zero-order valence-electron chi connectivity index (χ0n) is 17.8. The van der Waals surface area contributed by atoms with Gasteiger partial charge < -0.3 is 20.7 Å². The Morgan fingerprint density at radius 3 is 2.43 bits per heavy atom. The fourth-order valence-electron chi connectivity index (χ4n) is 3.37. The number of para-hydroxylation sites is 1. The van der Waals surface area contributed by atoms with Crippen LogP contribution >= 0.6 is 0 Å². The minimum absolute atomic E-state index is 0.173. The molecule has 1 saturated heterocycles. The summed E-state index contributed by atoms with van der Waals surface area (Å²) < 4.78 is 5.41. The molecule has 160 valence electrons. The van der Waals surface area contributed by atoms with Crippen molar-refractivity contribution in [2.45, 2.75) is 26.3 Å². The van der Waals surface area contributed by atoms with Crippen LogP contribution in [0.3, 0.4) is 0 Å². The number of anilines is 2. The molecule has 0 unspecified atom stereocenters. The van der Waals surface area contributed by atoms with E-state index in [1.54, 1.807) is 12.1 Å². The van der Waals surface area contributed by atoms with E-state index < -0.39 is 0 Å². The molecule has 0 atom stereocenters. The lowest BCUT2D eigenvalue weighted by molar-refractivity contribution is -0.00863. The number of carbonyl (C=O) groups is 2. The maximum atomic E-state index is 12.5. The minimum atomic E-state index is -0.292. The van der Waals surface area contributed by atoms with Gasteiger partial charge in [0.1, 0.15) is 0 Å². The Morgan fingerprint density at radius 2 is 1.73 bits per heavy atom. The molecular weight excluding hydrogens is 380 g/mol. The second-order valence-corrected chi connectivity index (χ2v) is 8.07. The topological polar surface area (TPSA) is 82.7 Å². The molecule has 1 heterocycles. The van der Waals surface area contributed by atoms with E-state index in [2.05, 4.69) is 34.7 Å². The highest BCUT2D eigenvalue weighted by molar-refractivity contribution is 6.05. The van der Waals surface area contributed by atoms with Gasteiger partial charge in [0.15, 0.2) is 0 Å². The lowest BCUT2D eigenvalue weighted by Gasteiger charge is -2.40. The average molecular weight is 411 g/mol.